The Balaban J connectivity index is 2.44. The summed E-state index contributed by atoms with van der Waals surface area (Å²) in [4.78, 5) is 17.6. The number of nitrogens with one attached hydrogen (secondary N) is 1. The lowest BCUT2D eigenvalue weighted by Crippen LogP contribution is -2.39. The first-order valence-corrected chi connectivity index (χ1v) is 4.52. The summed E-state index contributed by atoms with van der Waals surface area (Å²) in [7, 11) is 1.59. The van der Waals surface area contributed by atoms with Crippen LogP contribution in [0.3, 0.4) is 0 Å². The van der Waals surface area contributed by atoms with Gasteiger partial charge in [0.05, 0.1) is 6.07 Å². The number of methoxy groups -OCH3 is 1. The molecule has 1 aromatic heterocycles. The van der Waals surface area contributed by atoms with E-state index in [0.717, 1.165) is 25.3 Å². The molecule has 1 saturated carbocycles. The highest BCUT2D eigenvalue weighted by molar-refractivity contribution is 5.14. The van der Waals surface area contributed by atoms with Crippen molar-refractivity contribution in [3.63, 3.8) is 0 Å². The summed E-state index contributed by atoms with van der Waals surface area (Å²) in [5.74, 6) is 0.170. The third-order valence-corrected chi connectivity index (χ3v) is 2.71. The molecule has 2 N–H and O–H groups in total. The Bertz CT molecular complexity index is 390. The fraction of sp³-hybridized carbons (Fsp3) is 0.556. The van der Waals surface area contributed by atoms with Gasteiger partial charge in [-0.25, -0.2) is 0 Å². The first-order valence-electron chi connectivity index (χ1n) is 4.52. The molecule has 1 aliphatic rings. The summed E-state index contributed by atoms with van der Waals surface area (Å²) in [5.41, 5.74) is -0.839. The molecule has 2 rings (SSSR count). The van der Waals surface area contributed by atoms with Crippen LogP contribution < -0.4 is 5.56 Å². The van der Waals surface area contributed by atoms with Crippen LogP contribution >= 0.6 is 0 Å². The van der Waals surface area contributed by atoms with Crippen molar-refractivity contribution in [2.45, 2.75) is 24.9 Å². The molecule has 0 amide bonds. The zero-order chi connectivity index (χ0) is 10.2. The molecule has 76 valence electrons. The fourth-order valence-corrected chi connectivity index (χ4v) is 1.70. The molecule has 0 spiro atoms. The summed E-state index contributed by atoms with van der Waals surface area (Å²) in [6.45, 7) is 0. The van der Waals surface area contributed by atoms with Crippen molar-refractivity contribution >= 4 is 0 Å². The van der Waals surface area contributed by atoms with Gasteiger partial charge >= 0.3 is 0 Å². The second-order valence-electron chi connectivity index (χ2n) is 3.50. The van der Waals surface area contributed by atoms with E-state index in [1.54, 1.807) is 7.11 Å². The van der Waals surface area contributed by atoms with Crippen LogP contribution in [0.2, 0.25) is 0 Å². The number of rotatable bonds is 2. The molecule has 0 atom stereocenters. The van der Waals surface area contributed by atoms with Crippen LogP contribution in [0.5, 0.6) is 5.88 Å². The molecule has 1 aromatic rings. The maximum absolute atomic E-state index is 11.1. The molecule has 1 aliphatic carbocycles. The Morgan fingerprint density at radius 2 is 2.36 bits per heavy atom. The van der Waals surface area contributed by atoms with Gasteiger partial charge in [0.25, 0.3) is 5.56 Å². The molecule has 0 bridgehead atoms. The lowest BCUT2D eigenvalue weighted by Gasteiger charge is -2.38. The summed E-state index contributed by atoms with van der Waals surface area (Å²) < 4.78 is 5.33. The maximum atomic E-state index is 11.1. The zero-order valence-electron chi connectivity index (χ0n) is 7.91. The van der Waals surface area contributed by atoms with Gasteiger partial charge in [0.2, 0.25) is 5.88 Å². The highest BCUT2D eigenvalue weighted by atomic mass is 16.5. The van der Waals surface area contributed by atoms with E-state index in [0.29, 0.717) is 5.82 Å². The Morgan fingerprint density at radius 1 is 1.64 bits per heavy atom. The van der Waals surface area contributed by atoms with E-state index in [2.05, 4.69) is 9.97 Å². The minimum absolute atomic E-state index is 0.257. The number of aromatic nitrogens is 2. The number of hydrogen-bond donors (Lipinski definition) is 2. The lowest BCUT2D eigenvalue weighted by molar-refractivity contribution is -0.0851. The zero-order valence-corrected chi connectivity index (χ0v) is 7.91. The van der Waals surface area contributed by atoms with Crippen molar-refractivity contribution in [1.82, 2.24) is 9.97 Å². The van der Waals surface area contributed by atoms with Crippen molar-refractivity contribution in [3.05, 3.63) is 22.2 Å². The highest BCUT2D eigenvalue weighted by Crippen LogP contribution is 2.42. The van der Waals surface area contributed by atoms with Crippen molar-refractivity contribution in [2.75, 3.05) is 7.11 Å². The van der Waals surface area contributed by atoms with Gasteiger partial charge in [-0.3, -0.25) is 4.79 Å². The average molecular weight is 196 g/mol. The van der Waals surface area contributed by atoms with Crippen molar-refractivity contribution < 1.29 is 9.84 Å². The summed E-state index contributed by atoms with van der Waals surface area (Å²) in [6, 6.07) is 1.05. The number of hydrogen-bond acceptors (Lipinski definition) is 4. The summed E-state index contributed by atoms with van der Waals surface area (Å²) in [6.07, 6.45) is 2.71. The summed E-state index contributed by atoms with van der Waals surface area (Å²) in [5, 5.41) is 9.19. The van der Waals surface area contributed by atoms with Crippen LogP contribution in [0.25, 0.3) is 0 Å². The van der Waals surface area contributed by atoms with Crippen LogP contribution in [-0.4, -0.2) is 22.2 Å². The smallest absolute Gasteiger partial charge is 0.254 e. The minimum Gasteiger partial charge on any atom is -0.493 e. The second-order valence-corrected chi connectivity index (χ2v) is 3.50. The van der Waals surface area contributed by atoms with Crippen molar-refractivity contribution in [3.8, 4) is 5.88 Å². The monoisotopic (exact) mass is 196 g/mol. The third kappa shape index (κ3) is 1.29. The molecular weight excluding hydrogens is 184 g/mol. The Labute approximate surface area is 80.8 Å². The Kier molecular flexibility index (Phi) is 2.03. The number of aromatic amines is 1. The molecule has 0 unspecified atom stereocenters. The molecule has 14 heavy (non-hydrogen) atoms. The van der Waals surface area contributed by atoms with Gasteiger partial charge in [0.15, 0.2) is 0 Å². The SMILES string of the molecule is COC1(c2nc(O)cc(=O)[nH]2)CCC1. The van der Waals surface area contributed by atoms with Crippen LogP contribution in [0.1, 0.15) is 25.1 Å². The molecule has 0 saturated heterocycles. The van der Waals surface area contributed by atoms with Gasteiger partial charge < -0.3 is 14.8 Å². The molecular formula is C9H12N2O3. The molecule has 5 heteroatoms. The number of ether oxygens (including phenoxy) is 1. The van der Waals surface area contributed by atoms with E-state index in [9.17, 15) is 9.90 Å². The predicted molar refractivity (Wildman–Crippen MR) is 49.1 cm³/mol. The maximum Gasteiger partial charge on any atom is 0.254 e. The highest BCUT2D eigenvalue weighted by Gasteiger charge is 2.41. The quantitative estimate of drug-likeness (QED) is 0.722. The molecule has 1 heterocycles. The lowest BCUT2D eigenvalue weighted by atomic mass is 9.79. The van der Waals surface area contributed by atoms with E-state index in [4.69, 9.17) is 4.74 Å². The van der Waals surface area contributed by atoms with Crippen LogP contribution in [0, 0.1) is 0 Å². The molecule has 5 nitrogen and oxygen atoms in total. The average Bonchev–Trinajstić information content (AvgIpc) is 2.01. The van der Waals surface area contributed by atoms with Gasteiger partial charge in [-0.2, -0.15) is 4.98 Å². The normalized spacial score (nSPS) is 18.9. The van der Waals surface area contributed by atoms with Gasteiger partial charge in [-0.15, -0.1) is 0 Å². The van der Waals surface area contributed by atoms with Gasteiger partial charge in [0.1, 0.15) is 11.4 Å². The minimum atomic E-state index is -0.488. The number of nitrogens with zero attached hydrogens (tertiary/aromatic N) is 1. The van der Waals surface area contributed by atoms with Crippen LogP contribution in [-0.2, 0) is 10.3 Å². The first-order chi connectivity index (χ1) is 6.66. The Hall–Kier alpha value is -1.36. The van der Waals surface area contributed by atoms with Crippen molar-refractivity contribution in [2.24, 2.45) is 0 Å². The van der Waals surface area contributed by atoms with Crippen LogP contribution in [0.15, 0.2) is 10.9 Å². The van der Waals surface area contributed by atoms with Crippen LogP contribution in [0.4, 0.5) is 0 Å². The molecule has 0 aromatic carbocycles. The molecule has 0 aliphatic heterocycles. The van der Waals surface area contributed by atoms with E-state index in [1.807, 2.05) is 0 Å². The number of H-pyrrole nitrogens is 1. The second kappa shape index (κ2) is 3.09. The standard InChI is InChI=1S/C9H12N2O3/c1-14-9(3-2-4-9)8-10-6(12)5-7(13)11-8/h5H,2-4H2,1H3,(H2,10,11,12,13). The van der Waals surface area contributed by atoms with Gasteiger partial charge in [0, 0.05) is 7.11 Å². The van der Waals surface area contributed by atoms with E-state index in [-0.39, 0.29) is 11.4 Å². The molecule has 0 radical (unpaired) electrons. The van der Waals surface area contributed by atoms with E-state index < -0.39 is 5.60 Å². The van der Waals surface area contributed by atoms with E-state index >= 15 is 0 Å². The molecule has 1 fully saturated rings. The third-order valence-electron chi connectivity index (χ3n) is 2.71. The van der Waals surface area contributed by atoms with E-state index in [1.165, 1.54) is 0 Å². The predicted octanol–water partition coefficient (Wildman–Crippen LogP) is 0.501. The number of aromatic hydroxyl groups is 1. The van der Waals surface area contributed by atoms with Gasteiger partial charge in [-0.1, -0.05) is 0 Å². The Morgan fingerprint density at radius 3 is 2.79 bits per heavy atom. The summed E-state index contributed by atoms with van der Waals surface area (Å²) >= 11 is 0. The largest absolute Gasteiger partial charge is 0.493 e. The van der Waals surface area contributed by atoms with Gasteiger partial charge in [-0.05, 0) is 19.3 Å². The van der Waals surface area contributed by atoms with Crippen molar-refractivity contribution in [1.29, 1.82) is 0 Å². The topological polar surface area (TPSA) is 75.2 Å². The fourth-order valence-electron chi connectivity index (χ4n) is 1.70. The first kappa shape index (κ1) is 9.21.